The lowest BCUT2D eigenvalue weighted by Crippen LogP contribution is -1.99. The average molecular weight is 340 g/mol. The Bertz CT molecular complexity index is 529. The number of hydrogen-bond acceptors (Lipinski definition) is 3. The topological polar surface area (TPSA) is 47.3 Å². The fourth-order valence-electron chi connectivity index (χ4n) is 1.54. The Morgan fingerprint density at radius 3 is 2.47 bits per heavy atom. The van der Waals surface area contributed by atoms with Crippen molar-refractivity contribution in [3.8, 4) is 5.75 Å². The highest BCUT2D eigenvalue weighted by atomic mass is 127. The van der Waals surface area contributed by atoms with Crippen molar-refractivity contribution in [3.05, 3.63) is 46.0 Å². The van der Waals surface area contributed by atoms with Crippen LogP contribution < -0.4 is 15.8 Å². The smallest absolute Gasteiger partial charge is 0.143 e. The molecule has 0 radical (unpaired) electrons. The molecule has 2 rings (SSSR count). The van der Waals surface area contributed by atoms with Crippen LogP contribution in [0.1, 0.15) is 0 Å². The second kappa shape index (κ2) is 5.27. The van der Waals surface area contributed by atoms with E-state index in [-0.39, 0.29) is 0 Å². The van der Waals surface area contributed by atoms with Gasteiger partial charge in [0.15, 0.2) is 0 Å². The van der Waals surface area contributed by atoms with Gasteiger partial charge in [-0.3, -0.25) is 0 Å². The molecule has 88 valence electrons. The first-order chi connectivity index (χ1) is 8.22. The van der Waals surface area contributed by atoms with Gasteiger partial charge >= 0.3 is 0 Å². The minimum Gasteiger partial charge on any atom is -0.495 e. The van der Waals surface area contributed by atoms with E-state index in [2.05, 4.69) is 27.9 Å². The molecule has 0 bridgehead atoms. The molecule has 3 N–H and O–H groups in total. The molecule has 0 spiro atoms. The van der Waals surface area contributed by atoms with E-state index in [0.29, 0.717) is 11.4 Å². The number of rotatable bonds is 3. The van der Waals surface area contributed by atoms with Gasteiger partial charge in [-0.15, -0.1) is 0 Å². The van der Waals surface area contributed by atoms with Crippen LogP contribution in [0, 0.1) is 3.57 Å². The first-order valence-electron chi connectivity index (χ1n) is 5.16. The summed E-state index contributed by atoms with van der Waals surface area (Å²) in [6.45, 7) is 0. The number of ether oxygens (including phenoxy) is 1. The minimum atomic E-state index is 0.620. The third kappa shape index (κ3) is 2.63. The molecule has 17 heavy (non-hydrogen) atoms. The molecule has 0 fully saturated rings. The van der Waals surface area contributed by atoms with Crippen molar-refractivity contribution in [3.63, 3.8) is 0 Å². The van der Waals surface area contributed by atoms with Gasteiger partial charge in [0.1, 0.15) is 5.75 Å². The molecule has 0 saturated heterocycles. The molecule has 0 aliphatic rings. The Morgan fingerprint density at radius 2 is 1.76 bits per heavy atom. The van der Waals surface area contributed by atoms with Gasteiger partial charge in [0.05, 0.1) is 24.2 Å². The summed E-state index contributed by atoms with van der Waals surface area (Å²) in [6.07, 6.45) is 0. The van der Waals surface area contributed by atoms with Gasteiger partial charge in [0.25, 0.3) is 0 Å². The zero-order valence-electron chi connectivity index (χ0n) is 9.41. The molecule has 0 heterocycles. The van der Waals surface area contributed by atoms with Gasteiger partial charge in [-0.05, 0) is 46.9 Å². The molecule has 0 amide bonds. The van der Waals surface area contributed by atoms with Crippen molar-refractivity contribution in [2.75, 3.05) is 18.2 Å². The van der Waals surface area contributed by atoms with E-state index in [1.165, 1.54) is 0 Å². The molecule has 0 aromatic heterocycles. The predicted molar refractivity (Wildman–Crippen MR) is 79.8 cm³/mol. The molecule has 0 aliphatic carbocycles. The fraction of sp³-hybridized carbons (Fsp3) is 0.0769. The first-order valence-corrected chi connectivity index (χ1v) is 6.24. The number of methoxy groups -OCH3 is 1. The second-order valence-corrected chi connectivity index (χ2v) is 4.69. The number of hydrogen-bond donors (Lipinski definition) is 2. The molecule has 2 aromatic rings. The molecular formula is C13H13IN2O. The summed E-state index contributed by atoms with van der Waals surface area (Å²) < 4.78 is 6.33. The van der Waals surface area contributed by atoms with Crippen molar-refractivity contribution < 1.29 is 4.74 Å². The predicted octanol–water partition coefficient (Wildman–Crippen LogP) is 3.63. The zero-order chi connectivity index (χ0) is 12.3. The van der Waals surface area contributed by atoms with E-state index in [4.69, 9.17) is 10.5 Å². The van der Waals surface area contributed by atoms with E-state index in [1.807, 2.05) is 42.5 Å². The zero-order valence-corrected chi connectivity index (χ0v) is 11.6. The number of para-hydroxylation sites is 2. The van der Waals surface area contributed by atoms with Crippen LogP contribution in [0.3, 0.4) is 0 Å². The fourth-order valence-corrected chi connectivity index (χ4v) is 2.06. The number of nitrogen functional groups attached to an aromatic ring is 1. The van der Waals surface area contributed by atoms with Crippen molar-refractivity contribution in [1.29, 1.82) is 0 Å². The Balaban J connectivity index is 2.34. The number of anilines is 3. The van der Waals surface area contributed by atoms with Gasteiger partial charge in [0.2, 0.25) is 0 Å². The number of nitrogens with one attached hydrogen (secondary N) is 1. The Hall–Kier alpha value is -1.43. The number of benzene rings is 2. The average Bonchev–Trinajstić information content (AvgIpc) is 2.34. The summed E-state index contributed by atoms with van der Waals surface area (Å²) in [7, 11) is 1.61. The van der Waals surface area contributed by atoms with Gasteiger partial charge in [-0.25, -0.2) is 0 Å². The molecule has 0 unspecified atom stereocenters. The number of nitrogens with two attached hydrogens (primary N) is 1. The van der Waals surface area contributed by atoms with Crippen LogP contribution in [-0.2, 0) is 0 Å². The molecule has 0 saturated carbocycles. The maximum atomic E-state index is 6.00. The second-order valence-electron chi connectivity index (χ2n) is 3.53. The van der Waals surface area contributed by atoms with Crippen molar-refractivity contribution in [1.82, 2.24) is 0 Å². The quantitative estimate of drug-likeness (QED) is 0.663. The molecular weight excluding hydrogens is 327 g/mol. The van der Waals surface area contributed by atoms with Gasteiger partial charge < -0.3 is 15.8 Å². The van der Waals surface area contributed by atoms with Crippen LogP contribution in [0.4, 0.5) is 17.1 Å². The van der Waals surface area contributed by atoms with E-state index in [0.717, 1.165) is 14.9 Å². The summed E-state index contributed by atoms with van der Waals surface area (Å²) in [5.74, 6) is 0.681. The Kier molecular flexibility index (Phi) is 3.73. The van der Waals surface area contributed by atoms with Gasteiger partial charge in [-0.1, -0.05) is 18.2 Å². The summed E-state index contributed by atoms with van der Waals surface area (Å²) in [5.41, 5.74) is 8.51. The third-order valence-electron chi connectivity index (χ3n) is 2.43. The summed E-state index contributed by atoms with van der Waals surface area (Å²) in [5, 5.41) is 3.30. The lowest BCUT2D eigenvalue weighted by Gasteiger charge is -2.13. The monoisotopic (exact) mass is 340 g/mol. The van der Waals surface area contributed by atoms with Crippen LogP contribution >= 0.6 is 22.6 Å². The third-order valence-corrected chi connectivity index (χ3v) is 3.37. The first kappa shape index (κ1) is 12.0. The SMILES string of the molecule is COc1cccc(Nc2ccccc2I)c1N. The van der Waals surface area contributed by atoms with Gasteiger partial charge in [-0.2, -0.15) is 0 Å². The lowest BCUT2D eigenvalue weighted by atomic mass is 10.2. The molecule has 0 atom stereocenters. The normalized spacial score (nSPS) is 10.0. The Labute approximate surface area is 114 Å². The maximum Gasteiger partial charge on any atom is 0.143 e. The van der Waals surface area contributed by atoms with Crippen LogP contribution in [0.5, 0.6) is 5.75 Å². The van der Waals surface area contributed by atoms with E-state index < -0.39 is 0 Å². The molecule has 0 aliphatic heterocycles. The van der Waals surface area contributed by atoms with Crippen molar-refractivity contribution in [2.24, 2.45) is 0 Å². The molecule has 4 heteroatoms. The molecule has 2 aromatic carbocycles. The largest absolute Gasteiger partial charge is 0.495 e. The lowest BCUT2D eigenvalue weighted by molar-refractivity contribution is 0.417. The van der Waals surface area contributed by atoms with E-state index >= 15 is 0 Å². The molecule has 3 nitrogen and oxygen atoms in total. The van der Waals surface area contributed by atoms with Crippen LogP contribution in [0.25, 0.3) is 0 Å². The van der Waals surface area contributed by atoms with Crippen LogP contribution in [-0.4, -0.2) is 7.11 Å². The standard InChI is InChI=1S/C13H13IN2O/c1-17-12-8-4-7-11(13(12)15)16-10-6-3-2-5-9(10)14/h2-8,16H,15H2,1H3. The highest BCUT2D eigenvalue weighted by molar-refractivity contribution is 14.1. The van der Waals surface area contributed by atoms with E-state index in [1.54, 1.807) is 7.11 Å². The summed E-state index contributed by atoms with van der Waals surface area (Å²) in [6, 6.07) is 13.7. The van der Waals surface area contributed by atoms with Crippen molar-refractivity contribution >= 4 is 39.7 Å². The van der Waals surface area contributed by atoms with Crippen molar-refractivity contribution in [2.45, 2.75) is 0 Å². The Morgan fingerprint density at radius 1 is 1.06 bits per heavy atom. The van der Waals surface area contributed by atoms with Crippen LogP contribution in [0.2, 0.25) is 0 Å². The minimum absolute atomic E-state index is 0.620. The highest BCUT2D eigenvalue weighted by Gasteiger charge is 2.06. The highest BCUT2D eigenvalue weighted by Crippen LogP contribution is 2.32. The van der Waals surface area contributed by atoms with Crippen LogP contribution in [0.15, 0.2) is 42.5 Å². The summed E-state index contributed by atoms with van der Waals surface area (Å²) in [4.78, 5) is 0. The number of halogens is 1. The van der Waals surface area contributed by atoms with E-state index in [9.17, 15) is 0 Å². The summed E-state index contributed by atoms with van der Waals surface area (Å²) >= 11 is 2.28. The van der Waals surface area contributed by atoms with Gasteiger partial charge in [0, 0.05) is 3.57 Å². The maximum absolute atomic E-state index is 6.00.